The Kier molecular flexibility index (Phi) is 6.97. The van der Waals surface area contributed by atoms with Gasteiger partial charge in [0, 0.05) is 19.7 Å². The van der Waals surface area contributed by atoms with Crippen molar-refractivity contribution in [2.24, 2.45) is 5.92 Å². The molecule has 4 rings (SSSR count). The van der Waals surface area contributed by atoms with Gasteiger partial charge in [-0.1, -0.05) is 19.4 Å². The van der Waals surface area contributed by atoms with Gasteiger partial charge in [0.15, 0.2) is 11.6 Å². The quantitative estimate of drug-likeness (QED) is 0.631. The van der Waals surface area contributed by atoms with Gasteiger partial charge < -0.3 is 15.0 Å². The Morgan fingerprint density at radius 3 is 2.58 bits per heavy atom. The Balaban J connectivity index is 1.40. The summed E-state index contributed by atoms with van der Waals surface area (Å²) in [5.74, 6) is -2.33. The van der Waals surface area contributed by atoms with Crippen molar-refractivity contribution in [3.05, 3.63) is 35.4 Å². The first kappa shape index (κ1) is 23.6. The number of imide groups is 1. The number of carbonyl (C=O) groups excluding carboxylic acids is 3. The number of amides is 4. The molecule has 1 aromatic carbocycles. The Bertz CT molecular complexity index is 913. The second-order valence-corrected chi connectivity index (χ2v) is 9.28. The third-order valence-corrected chi connectivity index (χ3v) is 7.14. The molecule has 0 unspecified atom stereocenters. The number of benzene rings is 1. The van der Waals surface area contributed by atoms with E-state index in [0.717, 1.165) is 31.4 Å². The van der Waals surface area contributed by atoms with Crippen LogP contribution in [0.1, 0.15) is 51.0 Å². The summed E-state index contributed by atoms with van der Waals surface area (Å²) in [6.45, 7) is 3.83. The molecule has 33 heavy (non-hydrogen) atoms. The fourth-order valence-electron chi connectivity index (χ4n) is 5.40. The van der Waals surface area contributed by atoms with E-state index in [9.17, 15) is 23.2 Å². The summed E-state index contributed by atoms with van der Waals surface area (Å²) >= 11 is 0. The lowest BCUT2D eigenvalue weighted by atomic mass is 9.74. The average molecular weight is 464 g/mol. The standard InChI is InChI=1S/C24H31F2N3O4/c1-2-9-24(22(31)29(23(32)27-24)15-18-4-3-12-33-18)17-7-10-28(11-8-17)21(30)14-16-5-6-19(25)20(26)13-16/h5-6,13,17-18H,2-4,7-12,14-15H2,1H3,(H,27,32)/t18-,24-/m0/s1. The van der Waals surface area contributed by atoms with Crippen LogP contribution >= 0.6 is 0 Å². The van der Waals surface area contributed by atoms with Gasteiger partial charge in [0.05, 0.1) is 19.1 Å². The van der Waals surface area contributed by atoms with E-state index in [4.69, 9.17) is 4.74 Å². The number of hydrogen-bond acceptors (Lipinski definition) is 4. The minimum atomic E-state index is -0.969. The van der Waals surface area contributed by atoms with E-state index < -0.39 is 17.2 Å². The Morgan fingerprint density at radius 2 is 1.94 bits per heavy atom. The van der Waals surface area contributed by atoms with Crippen molar-refractivity contribution in [3.8, 4) is 0 Å². The van der Waals surface area contributed by atoms with Crippen LogP contribution in [0, 0.1) is 17.6 Å². The average Bonchev–Trinajstić information content (AvgIpc) is 3.40. The van der Waals surface area contributed by atoms with Gasteiger partial charge in [-0.15, -0.1) is 0 Å². The molecular weight excluding hydrogens is 432 g/mol. The molecule has 0 radical (unpaired) electrons. The molecule has 0 aliphatic carbocycles. The maximum absolute atomic E-state index is 13.5. The highest BCUT2D eigenvalue weighted by Crippen LogP contribution is 2.37. The number of halogens is 2. The zero-order valence-corrected chi connectivity index (χ0v) is 18.9. The van der Waals surface area contributed by atoms with Crippen LogP contribution in [0.3, 0.4) is 0 Å². The summed E-state index contributed by atoms with van der Waals surface area (Å²) in [7, 11) is 0. The predicted octanol–water partition coefficient (Wildman–Crippen LogP) is 3.02. The molecule has 7 nitrogen and oxygen atoms in total. The van der Waals surface area contributed by atoms with Gasteiger partial charge in [-0.2, -0.15) is 0 Å². The lowest BCUT2D eigenvalue weighted by molar-refractivity contribution is -0.136. The number of likely N-dealkylation sites (tertiary alicyclic amines) is 1. The number of nitrogens with one attached hydrogen (secondary N) is 1. The van der Waals surface area contributed by atoms with Crippen LogP contribution in [0.4, 0.5) is 13.6 Å². The summed E-state index contributed by atoms with van der Waals surface area (Å²) in [5, 5.41) is 3.01. The van der Waals surface area contributed by atoms with Crippen molar-refractivity contribution in [1.29, 1.82) is 0 Å². The molecule has 180 valence electrons. The number of carbonyl (C=O) groups is 3. The molecule has 0 saturated carbocycles. The third-order valence-electron chi connectivity index (χ3n) is 7.14. The number of rotatable bonds is 7. The molecule has 0 spiro atoms. The highest BCUT2D eigenvalue weighted by atomic mass is 19.2. The number of urea groups is 1. The van der Waals surface area contributed by atoms with Crippen molar-refractivity contribution in [1.82, 2.24) is 15.1 Å². The summed E-state index contributed by atoms with van der Waals surface area (Å²) in [4.78, 5) is 41.9. The van der Waals surface area contributed by atoms with Crippen molar-refractivity contribution in [2.75, 3.05) is 26.2 Å². The van der Waals surface area contributed by atoms with E-state index >= 15 is 0 Å². The normalized spacial score (nSPS) is 26.2. The van der Waals surface area contributed by atoms with Gasteiger partial charge in [0.2, 0.25) is 5.91 Å². The lowest BCUT2D eigenvalue weighted by Crippen LogP contribution is -2.56. The lowest BCUT2D eigenvalue weighted by Gasteiger charge is -2.41. The fourth-order valence-corrected chi connectivity index (χ4v) is 5.40. The SMILES string of the molecule is CCC[C@@]1(C2CCN(C(=O)Cc3ccc(F)c(F)c3)CC2)NC(=O)N(C[C@@H]2CCCO2)C1=O. The highest BCUT2D eigenvalue weighted by molar-refractivity contribution is 6.07. The van der Waals surface area contributed by atoms with E-state index in [0.29, 0.717) is 44.5 Å². The maximum atomic E-state index is 13.5. The van der Waals surface area contributed by atoms with Crippen LogP contribution in [0.15, 0.2) is 18.2 Å². The Labute approximate surface area is 192 Å². The molecule has 9 heteroatoms. The van der Waals surface area contributed by atoms with Crippen LogP contribution in [0.25, 0.3) is 0 Å². The van der Waals surface area contributed by atoms with E-state index in [1.807, 2.05) is 6.92 Å². The van der Waals surface area contributed by atoms with Crippen molar-refractivity contribution in [3.63, 3.8) is 0 Å². The van der Waals surface area contributed by atoms with Crippen molar-refractivity contribution < 1.29 is 27.9 Å². The van der Waals surface area contributed by atoms with E-state index in [1.54, 1.807) is 4.90 Å². The van der Waals surface area contributed by atoms with Gasteiger partial charge >= 0.3 is 6.03 Å². The molecule has 2 atom stereocenters. The zero-order chi connectivity index (χ0) is 23.6. The van der Waals surface area contributed by atoms with Crippen molar-refractivity contribution in [2.45, 2.75) is 63.5 Å². The fraction of sp³-hybridized carbons (Fsp3) is 0.625. The molecule has 3 fully saturated rings. The van der Waals surface area contributed by atoms with E-state index in [1.165, 1.54) is 11.0 Å². The van der Waals surface area contributed by atoms with Gasteiger partial charge in [0.1, 0.15) is 5.54 Å². The first-order valence-electron chi connectivity index (χ1n) is 11.8. The van der Waals surface area contributed by atoms with Gasteiger partial charge in [0.25, 0.3) is 5.91 Å². The Hall–Kier alpha value is -2.55. The van der Waals surface area contributed by atoms with Crippen LogP contribution in [0.2, 0.25) is 0 Å². The molecule has 3 aliphatic heterocycles. The number of nitrogens with zero attached hydrogens (tertiary/aromatic N) is 2. The van der Waals surface area contributed by atoms with Crippen molar-refractivity contribution >= 4 is 17.8 Å². The zero-order valence-electron chi connectivity index (χ0n) is 18.9. The topological polar surface area (TPSA) is 79.0 Å². The molecular formula is C24H31F2N3O4. The molecule has 3 heterocycles. The monoisotopic (exact) mass is 463 g/mol. The first-order valence-corrected chi connectivity index (χ1v) is 11.8. The third kappa shape index (κ3) is 4.74. The molecule has 3 saturated heterocycles. The Morgan fingerprint density at radius 1 is 1.18 bits per heavy atom. The van der Waals surface area contributed by atoms with Crippen LogP contribution in [-0.2, 0) is 20.7 Å². The maximum Gasteiger partial charge on any atom is 0.325 e. The van der Waals surface area contributed by atoms with Gasteiger partial charge in [-0.3, -0.25) is 14.5 Å². The molecule has 0 bridgehead atoms. The first-order chi connectivity index (χ1) is 15.8. The second-order valence-electron chi connectivity index (χ2n) is 9.28. The molecule has 3 aliphatic rings. The van der Waals surface area contributed by atoms with Crippen LogP contribution in [0.5, 0.6) is 0 Å². The van der Waals surface area contributed by atoms with E-state index in [2.05, 4.69) is 5.32 Å². The number of hydrogen-bond donors (Lipinski definition) is 1. The minimum Gasteiger partial charge on any atom is -0.376 e. The van der Waals surface area contributed by atoms with Gasteiger partial charge in [-0.05, 0) is 55.7 Å². The van der Waals surface area contributed by atoms with Crippen LogP contribution in [-0.4, -0.2) is 65.5 Å². The molecule has 1 N–H and O–H groups in total. The van der Waals surface area contributed by atoms with Crippen LogP contribution < -0.4 is 5.32 Å². The molecule has 4 amide bonds. The summed E-state index contributed by atoms with van der Waals surface area (Å²) < 4.78 is 32.2. The largest absolute Gasteiger partial charge is 0.376 e. The van der Waals surface area contributed by atoms with E-state index in [-0.39, 0.29) is 42.8 Å². The van der Waals surface area contributed by atoms with Gasteiger partial charge in [-0.25, -0.2) is 13.6 Å². The summed E-state index contributed by atoms with van der Waals surface area (Å²) in [6.07, 6.45) is 4.14. The highest BCUT2D eigenvalue weighted by Gasteiger charge is 2.55. The predicted molar refractivity (Wildman–Crippen MR) is 116 cm³/mol. The number of piperidine rings is 1. The number of ether oxygens (including phenoxy) is 1. The summed E-state index contributed by atoms with van der Waals surface area (Å²) in [5.41, 5.74) is -0.522. The second kappa shape index (κ2) is 9.75. The summed E-state index contributed by atoms with van der Waals surface area (Å²) in [6, 6.07) is 3.12. The minimum absolute atomic E-state index is 0.00714. The molecule has 0 aromatic heterocycles. The smallest absolute Gasteiger partial charge is 0.325 e. The molecule has 1 aromatic rings.